The fraction of sp³-hybridized carbons (Fsp3) is 0.0800. The number of rotatable bonds is 6. The number of aromatic nitrogens is 3. The Kier molecular flexibility index (Phi) is 5.29. The third-order valence-corrected chi connectivity index (χ3v) is 6.08. The zero-order valence-electron chi connectivity index (χ0n) is 16.7. The molecule has 0 fully saturated rings. The Bertz CT molecular complexity index is 1310. The van der Waals surface area contributed by atoms with E-state index in [4.69, 9.17) is 0 Å². The van der Waals surface area contributed by atoms with E-state index in [9.17, 15) is 4.79 Å². The first-order valence-electron chi connectivity index (χ1n) is 10.0. The molecule has 5 nitrogen and oxygen atoms in total. The van der Waals surface area contributed by atoms with Gasteiger partial charge in [-0.3, -0.25) is 14.8 Å². The minimum Gasteiger partial charge on any atom is -0.349 e. The van der Waals surface area contributed by atoms with Gasteiger partial charge in [0.05, 0.1) is 22.8 Å². The van der Waals surface area contributed by atoms with Crippen LogP contribution >= 0.6 is 11.3 Å². The van der Waals surface area contributed by atoms with E-state index in [0.29, 0.717) is 6.54 Å². The first-order valence-corrected chi connectivity index (χ1v) is 10.9. The van der Waals surface area contributed by atoms with Crippen molar-refractivity contribution in [3.05, 3.63) is 96.4 Å². The second-order valence-corrected chi connectivity index (χ2v) is 8.15. The van der Waals surface area contributed by atoms with Crippen molar-refractivity contribution < 1.29 is 4.79 Å². The second-order valence-electron chi connectivity index (χ2n) is 7.20. The maximum absolute atomic E-state index is 12.8. The summed E-state index contributed by atoms with van der Waals surface area (Å²) in [6.45, 7) is 0.652. The van der Waals surface area contributed by atoms with Crippen LogP contribution in [0.4, 0.5) is 0 Å². The van der Waals surface area contributed by atoms with Crippen LogP contribution in [0.15, 0.2) is 90.7 Å². The number of pyridine rings is 2. The van der Waals surface area contributed by atoms with E-state index in [1.54, 1.807) is 23.7 Å². The molecule has 0 aliphatic rings. The Balaban J connectivity index is 1.30. The van der Waals surface area contributed by atoms with Crippen molar-refractivity contribution in [2.45, 2.75) is 13.1 Å². The topological polar surface area (TPSA) is 59.8 Å². The van der Waals surface area contributed by atoms with E-state index in [-0.39, 0.29) is 12.5 Å². The van der Waals surface area contributed by atoms with Crippen molar-refractivity contribution in [2.24, 2.45) is 0 Å². The molecule has 5 aromatic rings. The van der Waals surface area contributed by atoms with Crippen molar-refractivity contribution in [3.8, 4) is 21.7 Å². The standard InChI is InChI=1S/C25H20N4OS/c30-25(28-16-21-8-7-20(15-27-21)18-9-11-26-12-10-18)17-29-22-5-2-1-4-19(22)14-23(29)24-6-3-13-31-24/h1-15H,16-17H2,(H,28,30). The molecule has 0 saturated heterocycles. The van der Waals surface area contributed by atoms with Crippen LogP contribution in [0.5, 0.6) is 0 Å². The maximum atomic E-state index is 12.8. The van der Waals surface area contributed by atoms with Crippen LogP contribution in [-0.4, -0.2) is 20.4 Å². The molecule has 4 aromatic heterocycles. The third kappa shape index (κ3) is 4.11. The monoisotopic (exact) mass is 424 g/mol. The van der Waals surface area contributed by atoms with Crippen molar-refractivity contribution in [2.75, 3.05) is 0 Å². The van der Waals surface area contributed by atoms with Crippen LogP contribution in [0.3, 0.4) is 0 Å². The van der Waals surface area contributed by atoms with Crippen molar-refractivity contribution in [1.29, 1.82) is 0 Å². The summed E-state index contributed by atoms with van der Waals surface area (Å²) in [4.78, 5) is 22.5. The average Bonchev–Trinajstić information content (AvgIpc) is 3.47. The second kappa shape index (κ2) is 8.53. The lowest BCUT2D eigenvalue weighted by Crippen LogP contribution is -2.27. The number of nitrogens with zero attached hydrogens (tertiary/aromatic N) is 3. The van der Waals surface area contributed by atoms with Crippen molar-refractivity contribution in [1.82, 2.24) is 19.9 Å². The van der Waals surface area contributed by atoms with E-state index in [2.05, 4.69) is 49.5 Å². The SMILES string of the molecule is O=C(Cn1c(-c2cccs2)cc2ccccc21)NCc1ccc(-c2ccncc2)cn1. The van der Waals surface area contributed by atoms with E-state index in [1.807, 2.05) is 48.7 Å². The Hall–Kier alpha value is -3.77. The first kappa shape index (κ1) is 19.2. The zero-order valence-corrected chi connectivity index (χ0v) is 17.5. The highest BCUT2D eigenvalue weighted by Crippen LogP contribution is 2.31. The smallest absolute Gasteiger partial charge is 0.240 e. The van der Waals surface area contributed by atoms with E-state index < -0.39 is 0 Å². The van der Waals surface area contributed by atoms with Crippen LogP contribution in [0, 0.1) is 0 Å². The summed E-state index contributed by atoms with van der Waals surface area (Å²) in [5, 5.41) is 6.19. The van der Waals surface area contributed by atoms with Gasteiger partial charge in [0.15, 0.2) is 0 Å². The molecule has 31 heavy (non-hydrogen) atoms. The molecule has 0 saturated carbocycles. The summed E-state index contributed by atoms with van der Waals surface area (Å²) in [5.74, 6) is -0.0424. The van der Waals surface area contributed by atoms with Crippen molar-refractivity contribution >= 4 is 28.1 Å². The Labute approximate surface area is 184 Å². The molecule has 0 aliphatic heterocycles. The summed E-state index contributed by atoms with van der Waals surface area (Å²) < 4.78 is 2.08. The summed E-state index contributed by atoms with van der Waals surface area (Å²) >= 11 is 1.68. The molecule has 6 heteroatoms. The molecule has 1 N–H and O–H groups in total. The molecule has 0 atom stereocenters. The van der Waals surface area contributed by atoms with Crippen molar-refractivity contribution in [3.63, 3.8) is 0 Å². The number of hydrogen-bond acceptors (Lipinski definition) is 4. The minimum atomic E-state index is -0.0424. The highest BCUT2D eigenvalue weighted by Gasteiger charge is 2.14. The lowest BCUT2D eigenvalue weighted by atomic mass is 10.1. The first-order chi connectivity index (χ1) is 15.3. The number of amides is 1. The lowest BCUT2D eigenvalue weighted by molar-refractivity contribution is -0.121. The van der Waals surface area contributed by atoms with E-state index in [0.717, 1.165) is 38.3 Å². The molecule has 0 radical (unpaired) electrons. The maximum Gasteiger partial charge on any atom is 0.240 e. The van der Waals surface area contributed by atoms with Crippen LogP contribution in [0.25, 0.3) is 32.6 Å². The molecule has 1 amide bonds. The fourth-order valence-electron chi connectivity index (χ4n) is 3.64. The number of thiophene rings is 1. The van der Waals surface area contributed by atoms with Gasteiger partial charge < -0.3 is 9.88 Å². The Morgan fingerprint density at radius 1 is 0.968 bits per heavy atom. The predicted octanol–water partition coefficient (Wildman–Crippen LogP) is 5.14. The lowest BCUT2D eigenvalue weighted by Gasteiger charge is -2.11. The molecule has 0 bridgehead atoms. The normalized spacial score (nSPS) is 11.0. The zero-order chi connectivity index (χ0) is 21.0. The van der Waals surface area contributed by atoms with Crippen LogP contribution in [-0.2, 0) is 17.9 Å². The summed E-state index contributed by atoms with van der Waals surface area (Å²) in [5.41, 5.74) is 5.03. The molecule has 0 spiro atoms. The van der Waals surface area contributed by atoms with Gasteiger partial charge in [-0.2, -0.15) is 0 Å². The van der Waals surface area contributed by atoms with Gasteiger partial charge in [-0.05, 0) is 47.3 Å². The molecule has 0 aliphatic carbocycles. The van der Waals surface area contributed by atoms with Crippen LogP contribution < -0.4 is 5.32 Å². The number of nitrogens with one attached hydrogen (secondary N) is 1. The quantitative estimate of drug-likeness (QED) is 0.410. The largest absolute Gasteiger partial charge is 0.349 e. The third-order valence-electron chi connectivity index (χ3n) is 5.19. The van der Waals surface area contributed by atoms with Gasteiger partial charge in [-0.1, -0.05) is 30.3 Å². The molecule has 0 unspecified atom stereocenters. The Morgan fingerprint density at radius 3 is 2.61 bits per heavy atom. The molecule has 1 aromatic carbocycles. The number of para-hydroxylation sites is 1. The predicted molar refractivity (Wildman–Crippen MR) is 125 cm³/mol. The number of hydrogen-bond donors (Lipinski definition) is 1. The highest BCUT2D eigenvalue weighted by atomic mass is 32.1. The fourth-order valence-corrected chi connectivity index (χ4v) is 4.39. The van der Waals surface area contributed by atoms with Gasteiger partial charge in [0.2, 0.25) is 5.91 Å². The highest BCUT2D eigenvalue weighted by molar-refractivity contribution is 7.13. The number of carbonyl (C=O) groups excluding carboxylic acids is 1. The van der Waals surface area contributed by atoms with Crippen LogP contribution in [0.2, 0.25) is 0 Å². The van der Waals surface area contributed by atoms with Gasteiger partial charge in [0.25, 0.3) is 0 Å². The van der Waals surface area contributed by atoms with Gasteiger partial charge in [0, 0.05) is 35.1 Å². The number of carbonyl (C=O) groups is 1. The average molecular weight is 425 g/mol. The minimum absolute atomic E-state index is 0.0424. The number of benzene rings is 1. The molecular formula is C25H20N4OS. The molecule has 152 valence electrons. The van der Waals surface area contributed by atoms with E-state index in [1.165, 1.54) is 0 Å². The summed E-state index contributed by atoms with van der Waals surface area (Å²) in [7, 11) is 0. The van der Waals surface area contributed by atoms with Gasteiger partial charge >= 0.3 is 0 Å². The summed E-state index contributed by atoms with van der Waals surface area (Å²) in [6.07, 6.45) is 5.35. The van der Waals surface area contributed by atoms with Gasteiger partial charge in [0.1, 0.15) is 6.54 Å². The number of fused-ring (bicyclic) bond motifs is 1. The molecule has 5 rings (SSSR count). The Morgan fingerprint density at radius 2 is 1.84 bits per heavy atom. The van der Waals surface area contributed by atoms with Gasteiger partial charge in [-0.25, -0.2) is 0 Å². The van der Waals surface area contributed by atoms with Crippen LogP contribution in [0.1, 0.15) is 5.69 Å². The van der Waals surface area contributed by atoms with Gasteiger partial charge in [-0.15, -0.1) is 11.3 Å². The van der Waals surface area contributed by atoms with E-state index >= 15 is 0 Å². The summed E-state index contributed by atoms with van der Waals surface area (Å²) in [6, 6.07) is 22.3. The molecule has 4 heterocycles. The molecular weight excluding hydrogens is 404 g/mol.